The average molecular weight is 560 g/mol. The molecule has 6 nitrogen and oxygen atoms in total. The molecule has 39 heavy (non-hydrogen) atoms. The molecule has 0 aromatic heterocycles. The molecule has 0 N–H and O–H groups in total. The highest BCUT2D eigenvalue weighted by molar-refractivity contribution is 8.18. The summed E-state index contributed by atoms with van der Waals surface area (Å²) in [6, 6.07) is 26.9. The zero-order valence-corrected chi connectivity index (χ0v) is 22.8. The molecule has 198 valence electrons. The van der Waals surface area contributed by atoms with Crippen LogP contribution in [0.15, 0.2) is 89.8 Å². The van der Waals surface area contributed by atoms with Crippen molar-refractivity contribution in [1.82, 2.24) is 4.90 Å². The van der Waals surface area contributed by atoms with Gasteiger partial charge in [-0.05, 0) is 70.9 Å². The Balaban J connectivity index is 1.31. The molecule has 0 bridgehead atoms. The van der Waals surface area contributed by atoms with Crippen LogP contribution in [0.4, 0.5) is 4.79 Å². The molecule has 1 fully saturated rings. The normalized spacial score (nSPS) is 14.3. The van der Waals surface area contributed by atoms with Gasteiger partial charge >= 0.3 is 0 Å². The van der Waals surface area contributed by atoms with Crippen LogP contribution in [0, 0.1) is 0 Å². The molecule has 0 spiro atoms. The lowest BCUT2D eigenvalue weighted by molar-refractivity contribution is -0.123. The van der Waals surface area contributed by atoms with E-state index in [-0.39, 0.29) is 24.3 Å². The fourth-order valence-electron chi connectivity index (χ4n) is 4.26. The van der Waals surface area contributed by atoms with Gasteiger partial charge in [-0.1, -0.05) is 72.3 Å². The van der Waals surface area contributed by atoms with Crippen LogP contribution < -0.4 is 14.2 Å². The third-order valence-electron chi connectivity index (χ3n) is 6.08. The molecule has 1 heterocycles. The van der Waals surface area contributed by atoms with Crippen molar-refractivity contribution in [1.29, 1.82) is 0 Å². The quantitative estimate of drug-likeness (QED) is 0.187. The molecular formula is C31H26ClNO5S. The Labute approximate surface area is 236 Å². The number of carbonyl (C=O) groups excluding carboxylic acids is 2. The number of nitrogens with zero attached hydrogens (tertiary/aromatic N) is 1. The number of ether oxygens (including phenoxy) is 3. The zero-order valence-electron chi connectivity index (χ0n) is 21.3. The van der Waals surface area contributed by atoms with Gasteiger partial charge in [0.25, 0.3) is 11.1 Å². The van der Waals surface area contributed by atoms with Crippen molar-refractivity contribution in [3.63, 3.8) is 0 Å². The number of rotatable bonds is 10. The fraction of sp³-hybridized carbons (Fsp3) is 0.161. The summed E-state index contributed by atoms with van der Waals surface area (Å²) in [7, 11) is 0. The van der Waals surface area contributed by atoms with Gasteiger partial charge in [-0.25, -0.2) is 0 Å². The van der Waals surface area contributed by atoms with Gasteiger partial charge in [-0.2, -0.15) is 0 Å². The first-order chi connectivity index (χ1) is 19.0. The van der Waals surface area contributed by atoms with Gasteiger partial charge in [0.2, 0.25) is 0 Å². The number of para-hydroxylation sites is 1. The molecule has 5 rings (SSSR count). The number of hydrogen-bond acceptors (Lipinski definition) is 6. The zero-order chi connectivity index (χ0) is 27.2. The van der Waals surface area contributed by atoms with E-state index in [1.165, 1.54) is 4.90 Å². The molecule has 0 unspecified atom stereocenters. The predicted octanol–water partition coefficient (Wildman–Crippen LogP) is 7.59. The van der Waals surface area contributed by atoms with Crippen LogP contribution in [-0.2, 0) is 11.4 Å². The molecule has 1 saturated heterocycles. The summed E-state index contributed by atoms with van der Waals surface area (Å²) in [6.07, 6.45) is 1.64. The van der Waals surface area contributed by atoms with Crippen LogP contribution in [0.5, 0.6) is 17.2 Å². The number of halogens is 1. The van der Waals surface area contributed by atoms with Gasteiger partial charge in [0.15, 0.2) is 11.5 Å². The SMILES string of the molecule is CCOc1cc(/C=C2\SC(=O)N(CCOc3ccccc3)C2=O)cc(Cl)c1OCc1cccc2ccccc12. The Morgan fingerprint density at radius 1 is 0.897 bits per heavy atom. The van der Waals surface area contributed by atoms with Crippen molar-refractivity contribution in [2.75, 3.05) is 19.8 Å². The molecule has 4 aromatic carbocycles. The number of hydrogen-bond donors (Lipinski definition) is 0. The standard InChI is InChI=1S/C31H26ClNO5S/c1-2-36-27-18-21(17-26(32)29(27)38-20-23-11-8-10-22-9-6-7-14-25(22)23)19-28-30(34)33(31(35)39-28)15-16-37-24-12-4-3-5-13-24/h3-14,17-19H,2,15-16,20H2,1H3/b28-19-. The maximum atomic E-state index is 13.0. The van der Waals surface area contributed by atoms with E-state index in [2.05, 4.69) is 18.2 Å². The van der Waals surface area contributed by atoms with Crippen LogP contribution in [0.25, 0.3) is 16.8 Å². The molecule has 2 amide bonds. The van der Waals surface area contributed by atoms with E-state index in [0.717, 1.165) is 28.1 Å². The van der Waals surface area contributed by atoms with Gasteiger partial charge in [-0.3, -0.25) is 14.5 Å². The minimum absolute atomic E-state index is 0.156. The van der Waals surface area contributed by atoms with Crippen molar-refractivity contribution >= 4 is 51.4 Å². The molecule has 0 aliphatic carbocycles. The smallest absolute Gasteiger partial charge is 0.293 e. The second-order valence-corrected chi connectivity index (χ2v) is 10.1. The van der Waals surface area contributed by atoms with Crippen molar-refractivity contribution in [2.24, 2.45) is 0 Å². The van der Waals surface area contributed by atoms with E-state index in [1.807, 2.05) is 61.5 Å². The highest BCUT2D eigenvalue weighted by atomic mass is 35.5. The van der Waals surface area contributed by atoms with Crippen molar-refractivity contribution in [3.05, 3.63) is 106 Å². The first-order valence-electron chi connectivity index (χ1n) is 12.5. The number of thioether (sulfide) groups is 1. The third-order valence-corrected chi connectivity index (χ3v) is 7.27. The van der Waals surface area contributed by atoms with E-state index in [1.54, 1.807) is 18.2 Å². The summed E-state index contributed by atoms with van der Waals surface area (Å²) >= 11 is 7.53. The van der Waals surface area contributed by atoms with E-state index in [0.29, 0.717) is 46.0 Å². The van der Waals surface area contributed by atoms with Gasteiger partial charge in [-0.15, -0.1) is 0 Å². The number of amides is 2. The highest BCUT2D eigenvalue weighted by Gasteiger charge is 2.35. The fourth-order valence-corrected chi connectivity index (χ4v) is 5.40. The molecule has 8 heteroatoms. The maximum Gasteiger partial charge on any atom is 0.293 e. The van der Waals surface area contributed by atoms with Gasteiger partial charge in [0.1, 0.15) is 19.0 Å². The molecule has 1 aliphatic heterocycles. The molecule has 0 atom stereocenters. The summed E-state index contributed by atoms with van der Waals surface area (Å²) in [5.74, 6) is 1.20. The second kappa shape index (κ2) is 12.3. The first kappa shape index (κ1) is 26.7. The Morgan fingerprint density at radius 2 is 1.67 bits per heavy atom. The summed E-state index contributed by atoms with van der Waals surface area (Å²) in [6.45, 7) is 2.95. The van der Waals surface area contributed by atoms with Crippen LogP contribution in [0.1, 0.15) is 18.1 Å². The molecular weight excluding hydrogens is 534 g/mol. The van der Waals surface area contributed by atoms with Crippen molar-refractivity contribution in [2.45, 2.75) is 13.5 Å². The van der Waals surface area contributed by atoms with Crippen LogP contribution in [0.2, 0.25) is 5.02 Å². The lowest BCUT2D eigenvalue weighted by Crippen LogP contribution is -2.32. The third kappa shape index (κ3) is 6.21. The van der Waals surface area contributed by atoms with Crippen molar-refractivity contribution < 1.29 is 23.8 Å². The molecule has 1 aliphatic rings. The topological polar surface area (TPSA) is 65.1 Å². The Kier molecular flexibility index (Phi) is 8.39. The Hall–Kier alpha value is -3.94. The summed E-state index contributed by atoms with van der Waals surface area (Å²) < 4.78 is 17.6. The van der Waals surface area contributed by atoms with Crippen LogP contribution in [0.3, 0.4) is 0 Å². The maximum absolute atomic E-state index is 13.0. The number of benzene rings is 4. The summed E-state index contributed by atoms with van der Waals surface area (Å²) in [5, 5.41) is 2.25. The van der Waals surface area contributed by atoms with Gasteiger partial charge in [0.05, 0.1) is 23.1 Å². The monoisotopic (exact) mass is 559 g/mol. The molecule has 0 radical (unpaired) electrons. The lowest BCUT2D eigenvalue weighted by Gasteiger charge is -2.15. The van der Waals surface area contributed by atoms with E-state index in [4.69, 9.17) is 25.8 Å². The minimum atomic E-state index is -0.368. The lowest BCUT2D eigenvalue weighted by atomic mass is 10.1. The van der Waals surface area contributed by atoms with Crippen LogP contribution in [-0.4, -0.2) is 35.8 Å². The Morgan fingerprint density at radius 3 is 2.49 bits per heavy atom. The second-order valence-electron chi connectivity index (χ2n) is 8.68. The van der Waals surface area contributed by atoms with Crippen molar-refractivity contribution in [3.8, 4) is 17.2 Å². The van der Waals surface area contributed by atoms with E-state index < -0.39 is 0 Å². The average Bonchev–Trinajstić information content (AvgIpc) is 3.20. The predicted molar refractivity (Wildman–Crippen MR) is 156 cm³/mol. The first-order valence-corrected chi connectivity index (χ1v) is 13.7. The largest absolute Gasteiger partial charge is 0.492 e. The van der Waals surface area contributed by atoms with E-state index in [9.17, 15) is 9.59 Å². The Bertz CT molecular complexity index is 1530. The minimum Gasteiger partial charge on any atom is -0.492 e. The van der Waals surface area contributed by atoms with Crippen LogP contribution >= 0.6 is 23.4 Å². The number of fused-ring (bicyclic) bond motifs is 1. The molecule has 4 aromatic rings. The number of imide groups is 1. The molecule has 0 saturated carbocycles. The van der Waals surface area contributed by atoms with Gasteiger partial charge < -0.3 is 14.2 Å². The van der Waals surface area contributed by atoms with Gasteiger partial charge in [0, 0.05) is 0 Å². The van der Waals surface area contributed by atoms with E-state index >= 15 is 0 Å². The highest BCUT2D eigenvalue weighted by Crippen LogP contribution is 2.40. The summed E-state index contributed by atoms with van der Waals surface area (Å²) in [5.41, 5.74) is 1.66. The number of carbonyl (C=O) groups is 2. The summed E-state index contributed by atoms with van der Waals surface area (Å²) in [4.78, 5) is 27.0.